The Bertz CT molecular complexity index is 866. The molecule has 0 saturated heterocycles. The highest BCUT2D eigenvalue weighted by molar-refractivity contribution is 8.26. The van der Waals surface area contributed by atoms with Crippen LogP contribution in [0.25, 0.3) is 6.08 Å². The van der Waals surface area contributed by atoms with Gasteiger partial charge in [-0.2, -0.15) is 15.1 Å². The lowest BCUT2D eigenvalue weighted by molar-refractivity contribution is -0.114. The fraction of sp³-hybridized carbons (Fsp3) is 0.333. The molecule has 0 fully saturated rings. The molecule has 9 heteroatoms. The third kappa shape index (κ3) is 3.55. The highest BCUT2D eigenvalue weighted by atomic mass is 32.2. The smallest absolute Gasteiger partial charge is 0.283 e. The van der Waals surface area contributed by atoms with E-state index in [4.69, 9.17) is 19.6 Å². The van der Waals surface area contributed by atoms with Crippen LogP contribution in [0.3, 0.4) is 0 Å². The Morgan fingerprint density at radius 2 is 1.85 bits per heavy atom. The van der Waals surface area contributed by atoms with Gasteiger partial charge in [0.1, 0.15) is 5.04 Å². The van der Waals surface area contributed by atoms with Crippen molar-refractivity contribution in [2.24, 2.45) is 10.1 Å². The number of methoxy groups -OCH3 is 3. The van der Waals surface area contributed by atoms with E-state index in [0.29, 0.717) is 28.0 Å². The number of thioether (sulfide) groups is 1. The van der Waals surface area contributed by atoms with Gasteiger partial charge in [0.2, 0.25) is 10.9 Å². The molecule has 1 amide bonds. The van der Waals surface area contributed by atoms with Gasteiger partial charge in [0, 0.05) is 0 Å². The summed E-state index contributed by atoms with van der Waals surface area (Å²) in [5.41, 5.74) is 0.774. The van der Waals surface area contributed by atoms with Gasteiger partial charge >= 0.3 is 0 Å². The van der Waals surface area contributed by atoms with Gasteiger partial charge in [-0.25, -0.2) is 0 Å². The first-order valence-electron chi connectivity index (χ1n) is 8.31. The van der Waals surface area contributed by atoms with Crippen molar-refractivity contribution in [2.45, 2.75) is 19.8 Å². The fourth-order valence-electron chi connectivity index (χ4n) is 2.70. The summed E-state index contributed by atoms with van der Waals surface area (Å²) in [7, 11) is 4.56. The van der Waals surface area contributed by atoms with Crippen molar-refractivity contribution in [1.82, 2.24) is 5.01 Å². The van der Waals surface area contributed by atoms with E-state index in [2.05, 4.69) is 17.0 Å². The minimum Gasteiger partial charge on any atom is -0.493 e. The Balaban J connectivity index is 2.01. The summed E-state index contributed by atoms with van der Waals surface area (Å²) >= 11 is 1.33. The summed E-state index contributed by atoms with van der Waals surface area (Å²) in [6.07, 6.45) is 3.30. The van der Waals surface area contributed by atoms with Crippen molar-refractivity contribution >= 4 is 39.8 Å². The summed E-state index contributed by atoms with van der Waals surface area (Å²) in [4.78, 5) is 16.6. The van der Waals surface area contributed by atoms with E-state index < -0.39 is 5.91 Å². The van der Waals surface area contributed by atoms with E-state index in [1.165, 1.54) is 38.1 Å². The molecule has 1 aromatic rings. The van der Waals surface area contributed by atoms with Gasteiger partial charge in [0.15, 0.2) is 17.3 Å². The van der Waals surface area contributed by atoms with Crippen LogP contribution in [0.2, 0.25) is 0 Å². The number of carbonyl (C=O) groups is 1. The zero-order valence-electron chi connectivity index (χ0n) is 15.5. The molecule has 2 heterocycles. The summed E-state index contributed by atoms with van der Waals surface area (Å²) in [6, 6.07) is 3.41. The largest absolute Gasteiger partial charge is 0.493 e. The predicted octanol–water partition coefficient (Wildman–Crippen LogP) is 3.13. The van der Waals surface area contributed by atoms with Gasteiger partial charge in [-0.3, -0.25) is 10.2 Å². The quantitative estimate of drug-likeness (QED) is 0.752. The number of fused-ring (bicyclic) bond motifs is 1. The molecule has 3 rings (SSSR count). The van der Waals surface area contributed by atoms with Gasteiger partial charge in [0.05, 0.1) is 26.9 Å². The lowest BCUT2D eigenvalue weighted by Gasteiger charge is -2.20. The van der Waals surface area contributed by atoms with Gasteiger partial charge in [-0.15, -0.1) is 0 Å². The number of nitrogens with one attached hydrogen (secondary N) is 1. The van der Waals surface area contributed by atoms with Gasteiger partial charge in [0.25, 0.3) is 5.91 Å². The number of aliphatic imine (C=N–C) groups is 1. The third-order valence-electron chi connectivity index (χ3n) is 3.96. The normalized spacial score (nSPS) is 17.6. The summed E-state index contributed by atoms with van der Waals surface area (Å²) < 4.78 is 16.0. The Morgan fingerprint density at radius 1 is 1.19 bits per heavy atom. The second kappa shape index (κ2) is 7.83. The van der Waals surface area contributed by atoms with Crippen molar-refractivity contribution in [3.8, 4) is 17.2 Å². The van der Waals surface area contributed by atoms with Crippen LogP contribution in [-0.4, -0.2) is 48.3 Å². The maximum absolute atomic E-state index is 12.5. The molecule has 0 unspecified atom stereocenters. The number of hydrogen-bond donors (Lipinski definition) is 1. The highest BCUT2D eigenvalue weighted by Crippen LogP contribution is 2.39. The maximum atomic E-state index is 12.5. The van der Waals surface area contributed by atoms with E-state index in [0.717, 1.165) is 17.9 Å². The summed E-state index contributed by atoms with van der Waals surface area (Å²) in [5, 5.41) is 15.5. The standard InChI is InChI=1S/C18H20N4O4S/c1-5-6-14-21-22-16(19)11(17(23)20-18(22)27-14)7-10-8-12(24-2)15(26-4)13(9-10)25-3/h7-9,19H,5-6H2,1-4H3. The number of amides is 1. The first-order valence-corrected chi connectivity index (χ1v) is 9.13. The van der Waals surface area contributed by atoms with Crippen LogP contribution >= 0.6 is 11.8 Å². The number of amidine groups is 2. The van der Waals surface area contributed by atoms with Crippen LogP contribution in [0.1, 0.15) is 25.3 Å². The zero-order valence-corrected chi connectivity index (χ0v) is 16.3. The Hall–Kier alpha value is -2.81. The number of rotatable bonds is 6. The number of ether oxygens (including phenoxy) is 3. The molecule has 8 nitrogen and oxygen atoms in total. The number of hydrazone groups is 1. The Kier molecular flexibility index (Phi) is 5.50. The van der Waals surface area contributed by atoms with E-state index in [9.17, 15) is 4.79 Å². The molecular formula is C18H20N4O4S. The molecule has 0 spiro atoms. The van der Waals surface area contributed by atoms with Crippen molar-refractivity contribution in [1.29, 1.82) is 5.41 Å². The molecule has 0 aliphatic carbocycles. The second-order valence-electron chi connectivity index (χ2n) is 5.72. The van der Waals surface area contributed by atoms with E-state index in [-0.39, 0.29) is 11.4 Å². The van der Waals surface area contributed by atoms with Gasteiger partial charge in [-0.05, 0) is 48.4 Å². The van der Waals surface area contributed by atoms with Crippen LogP contribution in [0.15, 0.2) is 27.8 Å². The zero-order chi connectivity index (χ0) is 19.6. The Morgan fingerprint density at radius 3 is 2.41 bits per heavy atom. The molecule has 1 aromatic carbocycles. The topological polar surface area (TPSA) is 96.6 Å². The molecule has 2 aliphatic heterocycles. The van der Waals surface area contributed by atoms with Gasteiger partial charge < -0.3 is 14.2 Å². The van der Waals surface area contributed by atoms with E-state index >= 15 is 0 Å². The monoisotopic (exact) mass is 388 g/mol. The van der Waals surface area contributed by atoms with Crippen molar-refractivity contribution in [2.75, 3.05) is 21.3 Å². The van der Waals surface area contributed by atoms with Crippen molar-refractivity contribution in [3.63, 3.8) is 0 Å². The lowest BCUT2D eigenvalue weighted by Crippen LogP contribution is -2.35. The lowest BCUT2D eigenvalue weighted by atomic mass is 10.1. The number of nitrogens with zero attached hydrogens (tertiary/aromatic N) is 3. The highest BCUT2D eigenvalue weighted by Gasteiger charge is 2.35. The maximum Gasteiger partial charge on any atom is 0.283 e. The summed E-state index contributed by atoms with van der Waals surface area (Å²) in [5.74, 6) is 0.903. The molecule has 0 bridgehead atoms. The predicted molar refractivity (Wildman–Crippen MR) is 106 cm³/mol. The SMILES string of the molecule is CCCC1=NN2C(=N)C(=Cc3cc(OC)c(OC)c(OC)c3)C(=O)N=C2S1. The van der Waals surface area contributed by atoms with Crippen LogP contribution < -0.4 is 14.2 Å². The van der Waals surface area contributed by atoms with E-state index in [1.807, 2.05) is 0 Å². The molecular weight excluding hydrogens is 368 g/mol. The Labute approximate surface area is 161 Å². The number of carbonyl (C=O) groups excluding carboxylic acids is 1. The molecule has 2 aliphatic rings. The van der Waals surface area contributed by atoms with E-state index in [1.54, 1.807) is 18.2 Å². The first-order chi connectivity index (χ1) is 13.0. The summed E-state index contributed by atoms with van der Waals surface area (Å²) in [6.45, 7) is 2.05. The number of benzene rings is 1. The molecule has 0 radical (unpaired) electrons. The van der Waals surface area contributed by atoms with Crippen LogP contribution in [0.5, 0.6) is 17.2 Å². The molecule has 142 valence electrons. The molecule has 27 heavy (non-hydrogen) atoms. The van der Waals surface area contributed by atoms with Crippen molar-refractivity contribution in [3.05, 3.63) is 23.3 Å². The minimum absolute atomic E-state index is 0.00245. The fourth-order valence-corrected chi connectivity index (χ4v) is 3.68. The van der Waals surface area contributed by atoms with Crippen LogP contribution in [0.4, 0.5) is 0 Å². The number of hydrogen-bond acceptors (Lipinski definition) is 7. The molecule has 0 aromatic heterocycles. The molecule has 0 atom stereocenters. The minimum atomic E-state index is -0.472. The van der Waals surface area contributed by atoms with Crippen LogP contribution in [-0.2, 0) is 4.79 Å². The average Bonchev–Trinajstić information content (AvgIpc) is 3.07. The molecule has 1 N–H and O–H groups in total. The second-order valence-corrected chi connectivity index (χ2v) is 6.76. The average molecular weight is 388 g/mol. The third-order valence-corrected chi connectivity index (χ3v) is 4.93. The molecule has 0 saturated carbocycles. The van der Waals surface area contributed by atoms with Gasteiger partial charge in [-0.1, -0.05) is 6.92 Å². The van der Waals surface area contributed by atoms with Crippen LogP contribution in [0, 0.1) is 5.41 Å². The van der Waals surface area contributed by atoms with Crippen molar-refractivity contribution < 1.29 is 19.0 Å². The first kappa shape index (κ1) is 19.0.